The molecule has 1 N–H and O–H groups in total. The average Bonchev–Trinajstić information content (AvgIpc) is 2.46. The van der Waals surface area contributed by atoms with Crippen LogP contribution in [0.1, 0.15) is 0 Å². The number of para-hydroxylation sites is 2. The van der Waals surface area contributed by atoms with Crippen LogP contribution in [0, 0.1) is 0 Å². The lowest BCUT2D eigenvalue weighted by Gasteiger charge is -2.18. The zero-order valence-electron chi connectivity index (χ0n) is 10.9. The van der Waals surface area contributed by atoms with Crippen LogP contribution < -0.4 is 10.2 Å². The third kappa shape index (κ3) is 3.44. The molecule has 0 aliphatic rings. The third-order valence-corrected chi connectivity index (χ3v) is 3.53. The standard InChI is InChI=1S/C15H14Cl2N2O/c1-19(11-6-3-2-4-7-11)14(20)10-18-15-12(16)8-5-9-13(15)17/h2-9,18H,10H2,1H3. The Morgan fingerprint density at radius 3 is 2.25 bits per heavy atom. The van der Waals surface area contributed by atoms with Gasteiger partial charge in [0.2, 0.25) is 5.91 Å². The van der Waals surface area contributed by atoms with Gasteiger partial charge in [-0.3, -0.25) is 4.79 Å². The molecule has 0 heterocycles. The minimum atomic E-state index is -0.0767. The molecule has 0 bridgehead atoms. The summed E-state index contributed by atoms with van der Waals surface area (Å²) in [7, 11) is 1.73. The van der Waals surface area contributed by atoms with Crippen molar-refractivity contribution < 1.29 is 4.79 Å². The molecule has 0 spiro atoms. The van der Waals surface area contributed by atoms with Crippen LogP contribution in [-0.2, 0) is 4.79 Å². The highest BCUT2D eigenvalue weighted by Crippen LogP contribution is 2.29. The van der Waals surface area contributed by atoms with Gasteiger partial charge in [0.05, 0.1) is 22.3 Å². The minimum absolute atomic E-state index is 0.0767. The maximum atomic E-state index is 12.1. The summed E-state index contributed by atoms with van der Waals surface area (Å²) >= 11 is 12.1. The summed E-state index contributed by atoms with van der Waals surface area (Å²) in [6.07, 6.45) is 0. The molecular formula is C15H14Cl2N2O. The van der Waals surface area contributed by atoms with Gasteiger partial charge in [-0.2, -0.15) is 0 Å². The van der Waals surface area contributed by atoms with E-state index in [0.29, 0.717) is 15.7 Å². The van der Waals surface area contributed by atoms with Crippen LogP contribution in [0.2, 0.25) is 10.0 Å². The number of nitrogens with one attached hydrogen (secondary N) is 1. The zero-order chi connectivity index (χ0) is 14.5. The first-order chi connectivity index (χ1) is 9.59. The van der Waals surface area contributed by atoms with Crippen molar-refractivity contribution in [3.8, 4) is 0 Å². The van der Waals surface area contributed by atoms with Crippen LogP contribution in [-0.4, -0.2) is 19.5 Å². The number of carbonyl (C=O) groups excluding carboxylic acids is 1. The number of halogens is 2. The van der Waals surface area contributed by atoms with Gasteiger partial charge >= 0.3 is 0 Å². The molecule has 0 fully saturated rings. The number of amides is 1. The first-order valence-corrected chi connectivity index (χ1v) is 6.84. The molecule has 0 unspecified atom stereocenters. The van der Waals surface area contributed by atoms with Crippen molar-refractivity contribution in [2.75, 3.05) is 23.8 Å². The molecule has 0 aliphatic carbocycles. The number of nitrogens with zero attached hydrogens (tertiary/aromatic N) is 1. The number of benzene rings is 2. The highest BCUT2D eigenvalue weighted by atomic mass is 35.5. The van der Waals surface area contributed by atoms with Crippen LogP contribution in [0.3, 0.4) is 0 Å². The molecule has 1 amide bonds. The molecule has 20 heavy (non-hydrogen) atoms. The fraction of sp³-hybridized carbons (Fsp3) is 0.133. The molecule has 0 saturated carbocycles. The van der Waals surface area contributed by atoms with E-state index in [1.54, 1.807) is 30.1 Å². The van der Waals surface area contributed by atoms with Crippen molar-refractivity contribution in [2.45, 2.75) is 0 Å². The van der Waals surface area contributed by atoms with E-state index in [2.05, 4.69) is 5.32 Å². The Morgan fingerprint density at radius 1 is 1.05 bits per heavy atom. The second-order valence-corrected chi connectivity index (χ2v) is 5.05. The van der Waals surface area contributed by atoms with Gasteiger partial charge in [0.1, 0.15) is 0 Å². The molecule has 5 heteroatoms. The Balaban J connectivity index is 2.02. The van der Waals surface area contributed by atoms with Gasteiger partial charge in [-0.25, -0.2) is 0 Å². The van der Waals surface area contributed by atoms with E-state index in [1.165, 1.54) is 0 Å². The Hall–Kier alpha value is -1.71. The molecule has 0 aromatic heterocycles. The van der Waals surface area contributed by atoms with Crippen LogP contribution in [0.4, 0.5) is 11.4 Å². The van der Waals surface area contributed by atoms with Crippen LogP contribution in [0.25, 0.3) is 0 Å². The number of hydrogen-bond donors (Lipinski definition) is 1. The fourth-order valence-electron chi connectivity index (χ4n) is 1.74. The van der Waals surface area contributed by atoms with E-state index < -0.39 is 0 Å². The SMILES string of the molecule is CN(C(=O)CNc1c(Cl)cccc1Cl)c1ccccc1. The Labute approximate surface area is 128 Å². The van der Waals surface area contributed by atoms with Gasteiger partial charge in [-0.05, 0) is 24.3 Å². The molecule has 0 atom stereocenters. The zero-order valence-corrected chi connectivity index (χ0v) is 12.4. The lowest BCUT2D eigenvalue weighted by molar-refractivity contribution is -0.116. The number of carbonyl (C=O) groups is 1. The average molecular weight is 309 g/mol. The van der Waals surface area contributed by atoms with E-state index in [4.69, 9.17) is 23.2 Å². The molecule has 104 valence electrons. The van der Waals surface area contributed by atoms with Crippen molar-refractivity contribution in [1.29, 1.82) is 0 Å². The van der Waals surface area contributed by atoms with E-state index in [-0.39, 0.29) is 12.5 Å². The molecule has 0 saturated heterocycles. The minimum Gasteiger partial charge on any atom is -0.374 e. The number of hydrogen-bond acceptors (Lipinski definition) is 2. The van der Waals surface area contributed by atoms with Crippen molar-refractivity contribution >= 4 is 40.5 Å². The lowest BCUT2D eigenvalue weighted by Crippen LogP contribution is -2.32. The van der Waals surface area contributed by atoms with E-state index in [0.717, 1.165) is 5.69 Å². The smallest absolute Gasteiger partial charge is 0.246 e. The van der Waals surface area contributed by atoms with Crippen LogP contribution in [0.15, 0.2) is 48.5 Å². The summed E-state index contributed by atoms with van der Waals surface area (Å²) in [5.41, 5.74) is 1.41. The lowest BCUT2D eigenvalue weighted by atomic mass is 10.3. The summed E-state index contributed by atoms with van der Waals surface area (Å²) in [4.78, 5) is 13.7. The first kappa shape index (κ1) is 14.7. The summed E-state index contributed by atoms with van der Waals surface area (Å²) < 4.78 is 0. The molecule has 2 aromatic carbocycles. The van der Waals surface area contributed by atoms with Crippen molar-refractivity contribution in [3.63, 3.8) is 0 Å². The maximum Gasteiger partial charge on any atom is 0.246 e. The largest absolute Gasteiger partial charge is 0.374 e. The number of rotatable bonds is 4. The fourth-order valence-corrected chi connectivity index (χ4v) is 2.28. The second kappa shape index (κ2) is 6.64. The number of likely N-dealkylation sites (N-methyl/N-ethyl adjacent to an activating group) is 1. The maximum absolute atomic E-state index is 12.1. The normalized spacial score (nSPS) is 10.2. The predicted octanol–water partition coefficient (Wildman–Crippen LogP) is 4.07. The van der Waals surface area contributed by atoms with Crippen molar-refractivity contribution in [1.82, 2.24) is 0 Å². The molecule has 3 nitrogen and oxygen atoms in total. The van der Waals surface area contributed by atoms with E-state index >= 15 is 0 Å². The highest BCUT2D eigenvalue weighted by Gasteiger charge is 2.12. The topological polar surface area (TPSA) is 32.3 Å². The molecule has 2 aromatic rings. The van der Waals surface area contributed by atoms with Gasteiger partial charge in [-0.15, -0.1) is 0 Å². The van der Waals surface area contributed by atoms with E-state index in [1.807, 2.05) is 30.3 Å². The molecule has 0 aliphatic heterocycles. The Bertz CT molecular complexity index is 582. The molecule has 0 radical (unpaired) electrons. The Morgan fingerprint density at radius 2 is 1.65 bits per heavy atom. The quantitative estimate of drug-likeness (QED) is 0.923. The van der Waals surface area contributed by atoms with Crippen LogP contribution >= 0.6 is 23.2 Å². The summed E-state index contributed by atoms with van der Waals surface area (Å²) in [5.74, 6) is -0.0767. The summed E-state index contributed by atoms with van der Waals surface area (Å²) in [6, 6.07) is 14.6. The van der Waals surface area contributed by atoms with Gasteiger partial charge in [0.25, 0.3) is 0 Å². The summed E-state index contributed by atoms with van der Waals surface area (Å²) in [6.45, 7) is 0.120. The van der Waals surface area contributed by atoms with Gasteiger partial charge in [-0.1, -0.05) is 47.5 Å². The van der Waals surface area contributed by atoms with Crippen molar-refractivity contribution in [3.05, 3.63) is 58.6 Å². The van der Waals surface area contributed by atoms with Gasteiger partial charge in [0.15, 0.2) is 0 Å². The highest BCUT2D eigenvalue weighted by molar-refractivity contribution is 6.39. The van der Waals surface area contributed by atoms with Gasteiger partial charge in [0, 0.05) is 12.7 Å². The second-order valence-electron chi connectivity index (χ2n) is 4.24. The van der Waals surface area contributed by atoms with Gasteiger partial charge < -0.3 is 10.2 Å². The molecular weight excluding hydrogens is 295 g/mol. The predicted molar refractivity (Wildman–Crippen MR) is 84.8 cm³/mol. The van der Waals surface area contributed by atoms with Crippen molar-refractivity contribution in [2.24, 2.45) is 0 Å². The first-order valence-electron chi connectivity index (χ1n) is 6.09. The van der Waals surface area contributed by atoms with Crippen LogP contribution in [0.5, 0.6) is 0 Å². The third-order valence-electron chi connectivity index (χ3n) is 2.90. The van der Waals surface area contributed by atoms with E-state index in [9.17, 15) is 4.79 Å². The summed E-state index contributed by atoms with van der Waals surface area (Å²) in [5, 5.41) is 3.96. The molecule has 2 rings (SSSR count). The number of anilines is 2. The monoisotopic (exact) mass is 308 g/mol. The Kier molecular flexibility index (Phi) is 4.88.